The molecule has 0 aliphatic rings. The van der Waals surface area contributed by atoms with Gasteiger partial charge in [-0.1, -0.05) is 103 Å². The van der Waals surface area contributed by atoms with Crippen LogP contribution in [0.15, 0.2) is 18.2 Å². The highest BCUT2D eigenvalue weighted by Gasteiger charge is 2.22. The van der Waals surface area contributed by atoms with E-state index in [9.17, 15) is 24.6 Å². The number of ether oxygens (including phenoxy) is 5. The first-order valence-corrected chi connectivity index (χ1v) is 18.2. The second kappa shape index (κ2) is 30.2. The van der Waals surface area contributed by atoms with Gasteiger partial charge in [-0.15, -0.1) is 0 Å². The Hall–Kier alpha value is -2.89. The summed E-state index contributed by atoms with van der Waals surface area (Å²) in [5.74, 6) is -2.62. The largest absolute Gasteiger partial charge is 0.493 e. The van der Waals surface area contributed by atoms with E-state index < -0.39 is 30.9 Å². The fourth-order valence-electron chi connectivity index (χ4n) is 5.21. The molecule has 0 radical (unpaired) electrons. The van der Waals surface area contributed by atoms with Gasteiger partial charge in [0.15, 0.2) is 0 Å². The summed E-state index contributed by atoms with van der Waals surface area (Å²) >= 11 is 0. The van der Waals surface area contributed by atoms with Gasteiger partial charge in [-0.05, 0) is 25.5 Å². The molecule has 11 heteroatoms. The molecule has 0 bridgehead atoms. The zero-order chi connectivity index (χ0) is 35.1. The van der Waals surface area contributed by atoms with Crippen LogP contribution in [0.4, 0.5) is 0 Å². The predicted octanol–water partition coefficient (Wildman–Crippen LogP) is 7.39. The van der Waals surface area contributed by atoms with Crippen LogP contribution in [0.25, 0.3) is 0 Å². The Morgan fingerprint density at radius 1 is 0.521 bits per heavy atom. The van der Waals surface area contributed by atoms with Gasteiger partial charge in [0, 0.05) is 18.2 Å². The molecular formula is C37H63NO10. The number of aliphatic carboxylic acids is 2. The van der Waals surface area contributed by atoms with E-state index in [1.54, 1.807) is 6.07 Å². The second-order valence-corrected chi connectivity index (χ2v) is 12.1. The first kappa shape index (κ1) is 43.1. The Morgan fingerprint density at radius 2 is 0.917 bits per heavy atom. The highest BCUT2D eigenvalue weighted by Crippen LogP contribution is 2.25. The maximum atomic E-state index is 13.1. The minimum Gasteiger partial charge on any atom is -0.493 e. The predicted molar refractivity (Wildman–Crippen MR) is 186 cm³/mol. The van der Waals surface area contributed by atoms with Crippen molar-refractivity contribution in [2.75, 3.05) is 65.9 Å². The van der Waals surface area contributed by atoms with Gasteiger partial charge >= 0.3 is 11.9 Å². The molecule has 1 aromatic rings. The Morgan fingerprint density at radius 3 is 1.35 bits per heavy atom. The summed E-state index contributed by atoms with van der Waals surface area (Å²) in [4.78, 5) is 36.5. The fourth-order valence-corrected chi connectivity index (χ4v) is 5.21. The number of carbonyl (C=O) groups excluding carboxylic acids is 1. The normalized spacial score (nSPS) is 11.0. The molecule has 0 atom stereocenters. The van der Waals surface area contributed by atoms with Gasteiger partial charge in [0.05, 0.1) is 39.6 Å². The quantitative estimate of drug-likeness (QED) is 0.0708. The number of carbonyl (C=O) groups is 3. The van der Waals surface area contributed by atoms with Gasteiger partial charge in [-0.2, -0.15) is 0 Å². The molecular weight excluding hydrogens is 618 g/mol. The highest BCUT2D eigenvalue weighted by molar-refractivity contribution is 5.98. The molecule has 0 spiro atoms. The minimum absolute atomic E-state index is 0.0839. The summed E-state index contributed by atoms with van der Waals surface area (Å²) < 4.78 is 27.9. The van der Waals surface area contributed by atoms with Crippen LogP contribution in [-0.2, 0) is 23.8 Å². The van der Waals surface area contributed by atoms with E-state index in [1.807, 2.05) is 6.92 Å². The lowest BCUT2D eigenvalue weighted by molar-refractivity contribution is -0.140. The molecule has 0 aliphatic carbocycles. The molecule has 0 saturated carbocycles. The van der Waals surface area contributed by atoms with Crippen LogP contribution in [0.1, 0.15) is 127 Å². The Bertz CT molecular complexity index is 957. The molecule has 48 heavy (non-hydrogen) atoms. The molecule has 0 heterocycles. The summed E-state index contributed by atoms with van der Waals surface area (Å²) in [6.07, 6.45) is 20.5. The zero-order valence-corrected chi connectivity index (χ0v) is 29.7. The van der Waals surface area contributed by atoms with Crippen molar-refractivity contribution in [3.8, 4) is 11.5 Å². The van der Waals surface area contributed by atoms with Gasteiger partial charge < -0.3 is 38.8 Å². The summed E-state index contributed by atoms with van der Waals surface area (Å²) in [6, 6.07) is 4.62. The van der Waals surface area contributed by atoms with Crippen molar-refractivity contribution in [3.63, 3.8) is 0 Å². The van der Waals surface area contributed by atoms with Crippen molar-refractivity contribution >= 4 is 17.8 Å². The maximum absolute atomic E-state index is 13.1. The van der Waals surface area contributed by atoms with Crippen molar-refractivity contribution in [2.24, 2.45) is 0 Å². The van der Waals surface area contributed by atoms with Gasteiger partial charge in [0.25, 0.3) is 5.91 Å². The smallest absolute Gasteiger partial charge is 0.323 e. The summed E-state index contributed by atoms with van der Waals surface area (Å²) in [6.45, 7) is 6.13. The average molecular weight is 682 g/mol. The molecule has 1 rings (SSSR count). The topological polar surface area (TPSA) is 141 Å². The number of unbranched alkanes of at least 4 members (excludes halogenated alkanes) is 15. The summed E-state index contributed by atoms with van der Waals surface area (Å²) in [5.41, 5.74) is 0.0839. The standard InChI is InChI=1S/C37H63NO10/c1-3-5-6-7-8-9-10-11-12-13-14-15-16-17-18-19-20-47-33-27-32(37(43)38(30-35(39)40)31-36(41)42)28-34(29-33)48-26-25-46-24-23-45-22-21-44-4-2/h27-29H,3-26,30-31H2,1-2H3,(H,39,40)(H,41,42). The van der Waals surface area contributed by atoms with E-state index in [-0.39, 0.29) is 18.8 Å². The average Bonchev–Trinajstić information content (AvgIpc) is 3.06. The summed E-state index contributed by atoms with van der Waals surface area (Å²) in [5, 5.41) is 18.4. The van der Waals surface area contributed by atoms with E-state index in [1.165, 1.54) is 95.6 Å². The minimum atomic E-state index is -1.31. The van der Waals surface area contributed by atoms with Gasteiger partial charge in [-0.3, -0.25) is 14.4 Å². The number of amides is 1. The molecule has 0 unspecified atom stereocenters. The molecule has 276 valence electrons. The van der Waals surface area contributed by atoms with Gasteiger partial charge in [0.2, 0.25) is 0 Å². The van der Waals surface area contributed by atoms with Crippen molar-refractivity contribution in [3.05, 3.63) is 23.8 Å². The molecule has 1 aromatic carbocycles. The maximum Gasteiger partial charge on any atom is 0.323 e. The van der Waals surface area contributed by atoms with E-state index in [2.05, 4.69) is 6.92 Å². The number of benzene rings is 1. The van der Waals surface area contributed by atoms with Crippen molar-refractivity contribution in [1.82, 2.24) is 4.90 Å². The van der Waals surface area contributed by atoms with Gasteiger partial charge in [0.1, 0.15) is 31.2 Å². The molecule has 2 N–H and O–H groups in total. The monoisotopic (exact) mass is 681 g/mol. The SMILES string of the molecule is CCCCCCCCCCCCCCCCCCOc1cc(OCCOCCOCCOCC)cc(C(=O)N(CC(=O)O)CC(=O)O)c1. The zero-order valence-electron chi connectivity index (χ0n) is 29.7. The highest BCUT2D eigenvalue weighted by atomic mass is 16.6. The third-order valence-corrected chi connectivity index (χ3v) is 7.78. The van der Waals surface area contributed by atoms with E-state index in [0.717, 1.165) is 24.2 Å². The van der Waals surface area contributed by atoms with Gasteiger partial charge in [-0.25, -0.2) is 0 Å². The summed E-state index contributed by atoms with van der Waals surface area (Å²) in [7, 11) is 0. The number of hydrogen-bond acceptors (Lipinski definition) is 8. The third-order valence-electron chi connectivity index (χ3n) is 7.78. The Kier molecular flexibility index (Phi) is 27.1. The molecule has 11 nitrogen and oxygen atoms in total. The van der Waals surface area contributed by atoms with Crippen LogP contribution >= 0.6 is 0 Å². The number of nitrogens with zero attached hydrogens (tertiary/aromatic N) is 1. The van der Waals surface area contributed by atoms with Crippen molar-refractivity contribution in [2.45, 2.75) is 117 Å². The lowest BCUT2D eigenvalue weighted by Gasteiger charge is -2.19. The van der Waals surface area contributed by atoms with Crippen LogP contribution in [-0.4, -0.2) is 98.9 Å². The first-order valence-electron chi connectivity index (χ1n) is 18.2. The molecule has 0 aliphatic heterocycles. The first-order chi connectivity index (χ1) is 23.4. The second-order valence-electron chi connectivity index (χ2n) is 12.1. The number of carboxylic acids is 2. The Labute approximate surface area is 288 Å². The lowest BCUT2D eigenvalue weighted by Crippen LogP contribution is -2.39. The van der Waals surface area contributed by atoms with E-state index >= 15 is 0 Å². The number of carboxylic acid groups (broad SMARTS) is 2. The van der Waals surface area contributed by atoms with Crippen LogP contribution < -0.4 is 9.47 Å². The number of hydrogen-bond donors (Lipinski definition) is 2. The molecule has 0 fully saturated rings. The van der Waals surface area contributed by atoms with E-state index in [4.69, 9.17) is 23.7 Å². The molecule has 0 saturated heterocycles. The van der Waals surface area contributed by atoms with Crippen LogP contribution in [0, 0.1) is 0 Å². The third kappa shape index (κ3) is 24.3. The Balaban J connectivity index is 2.46. The molecule has 0 aromatic heterocycles. The van der Waals surface area contributed by atoms with Crippen molar-refractivity contribution in [1.29, 1.82) is 0 Å². The number of rotatable bonds is 34. The van der Waals surface area contributed by atoms with Crippen LogP contribution in [0.5, 0.6) is 11.5 Å². The van der Waals surface area contributed by atoms with E-state index in [0.29, 0.717) is 51.1 Å². The van der Waals surface area contributed by atoms with Crippen molar-refractivity contribution < 1.29 is 48.3 Å². The fraction of sp³-hybridized carbons (Fsp3) is 0.757. The van der Waals surface area contributed by atoms with Crippen LogP contribution in [0.2, 0.25) is 0 Å². The van der Waals surface area contributed by atoms with Crippen LogP contribution in [0.3, 0.4) is 0 Å². The molecule has 1 amide bonds. The lowest BCUT2D eigenvalue weighted by atomic mass is 10.0.